The van der Waals surface area contributed by atoms with E-state index in [1.165, 1.54) is 25.7 Å². The highest BCUT2D eigenvalue weighted by Gasteiger charge is 2.40. The van der Waals surface area contributed by atoms with Gasteiger partial charge in [-0.25, -0.2) is 0 Å². The van der Waals surface area contributed by atoms with Crippen molar-refractivity contribution in [3.8, 4) is 0 Å². The Labute approximate surface area is 123 Å². The minimum atomic E-state index is -0.237. The zero-order valence-corrected chi connectivity index (χ0v) is 12.9. The van der Waals surface area contributed by atoms with E-state index in [1.54, 1.807) is 0 Å². The first kappa shape index (κ1) is 16.8. The largest absolute Gasteiger partial charge is 0.353 e. The molecule has 2 unspecified atom stereocenters. The summed E-state index contributed by atoms with van der Waals surface area (Å²) in [5.41, 5.74) is 5.63. The third-order valence-electron chi connectivity index (χ3n) is 5.13. The number of rotatable bonds is 4. The summed E-state index contributed by atoms with van der Waals surface area (Å²) in [6.45, 7) is 2.77. The van der Waals surface area contributed by atoms with Crippen LogP contribution in [0.2, 0.25) is 0 Å². The summed E-state index contributed by atoms with van der Waals surface area (Å²) in [4.78, 5) is 12.5. The number of carbonyl (C=O) groups is 1. The molecule has 3 N–H and O–H groups in total. The predicted molar refractivity (Wildman–Crippen MR) is 81.4 cm³/mol. The van der Waals surface area contributed by atoms with Crippen molar-refractivity contribution >= 4 is 18.3 Å². The van der Waals surface area contributed by atoms with Crippen molar-refractivity contribution in [2.45, 2.75) is 70.8 Å². The molecule has 0 aromatic carbocycles. The summed E-state index contributed by atoms with van der Waals surface area (Å²) in [5.74, 6) is 1.05. The highest BCUT2D eigenvalue weighted by atomic mass is 35.5. The Morgan fingerprint density at radius 2 is 1.95 bits per heavy atom. The van der Waals surface area contributed by atoms with Crippen LogP contribution in [0.5, 0.6) is 0 Å². The first-order valence-electron chi connectivity index (χ1n) is 7.71. The van der Waals surface area contributed by atoms with E-state index < -0.39 is 0 Å². The fourth-order valence-corrected chi connectivity index (χ4v) is 3.71. The normalized spacial score (nSPS) is 29.6. The zero-order chi connectivity index (χ0) is 13.0. The van der Waals surface area contributed by atoms with Gasteiger partial charge in [0.15, 0.2) is 0 Å². The van der Waals surface area contributed by atoms with E-state index in [9.17, 15) is 4.79 Å². The number of hydrogen-bond donors (Lipinski definition) is 2. The molecule has 2 aliphatic carbocycles. The van der Waals surface area contributed by atoms with Crippen LogP contribution in [0.4, 0.5) is 0 Å². The molecular weight excluding hydrogens is 260 g/mol. The lowest BCUT2D eigenvalue weighted by atomic mass is 9.81. The van der Waals surface area contributed by atoms with Gasteiger partial charge in [-0.15, -0.1) is 12.4 Å². The van der Waals surface area contributed by atoms with Crippen LogP contribution >= 0.6 is 12.4 Å². The van der Waals surface area contributed by atoms with Crippen LogP contribution < -0.4 is 11.1 Å². The second kappa shape index (κ2) is 7.49. The molecule has 0 aliphatic heterocycles. The van der Waals surface area contributed by atoms with Gasteiger partial charge in [-0.3, -0.25) is 4.79 Å². The Bertz CT molecular complexity index is 290. The lowest BCUT2D eigenvalue weighted by Gasteiger charge is -2.33. The minimum Gasteiger partial charge on any atom is -0.353 e. The topological polar surface area (TPSA) is 55.1 Å². The molecule has 0 aromatic heterocycles. The first-order chi connectivity index (χ1) is 8.70. The molecule has 3 nitrogen and oxygen atoms in total. The lowest BCUT2D eigenvalue weighted by Crippen LogP contribution is -2.49. The molecule has 0 radical (unpaired) electrons. The van der Waals surface area contributed by atoms with Crippen LogP contribution in [-0.2, 0) is 4.79 Å². The quantitative estimate of drug-likeness (QED) is 0.835. The molecule has 2 fully saturated rings. The number of hydrogen-bond acceptors (Lipinski definition) is 2. The van der Waals surface area contributed by atoms with Crippen molar-refractivity contribution in [1.29, 1.82) is 0 Å². The molecule has 2 saturated carbocycles. The van der Waals surface area contributed by atoms with Crippen LogP contribution in [-0.4, -0.2) is 18.5 Å². The van der Waals surface area contributed by atoms with Gasteiger partial charge in [0.2, 0.25) is 5.91 Å². The molecule has 4 heteroatoms. The Hall–Kier alpha value is -0.280. The summed E-state index contributed by atoms with van der Waals surface area (Å²) in [6.07, 6.45) is 10.5. The van der Waals surface area contributed by atoms with E-state index in [1.807, 2.05) is 0 Å². The number of nitrogens with two attached hydrogens (primary N) is 1. The number of nitrogens with one attached hydrogen (secondary N) is 1. The van der Waals surface area contributed by atoms with Crippen molar-refractivity contribution in [2.24, 2.45) is 17.1 Å². The summed E-state index contributed by atoms with van der Waals surface area (Å²) in [6, 6.07) is 0.403. The van der Waals surface area contributed by atoms with Gasteiger partial charge in [0.05, 0.1) is 5.41 Å². The molecule has 19 heavy (non-hydrogen) atoms. The summed E-state index contributed by atoms with van der Waals surface area (Å²) >= 11 is 0. The second-order valence-electron chi connectivity index (χ2n) is 6.30. The van der Waals surface area contributed by atoms with Crippen molar-refractivity contribution in [2.75, 3.05) is 6.54 Å². The van der Waals surface area contributed by atoms with Gasteiger partial charge >= 0.3 is 0 Å². The van der Waals surface area contributed by atoms with E-state index in [2.05, 4.69) is 12.2 Å². The molecule has 0 spiro atoms. The zero-order valence-electron chi connectivity index (χ0n) is 12.1. The molecule has 2 atom stereocenters. The fraction of sp³-hybridized carbons (Fsp3) is 0.933. The molecule has 2 aliphatic rings. The van der Waals surface area contributed by atoms with E-state index >= 15 is 0 Å². The molecular formula is C15H29ClN2O. The Kier molecular flexibility index (Phi) is 6.61. The van der Waals surface area contributed by atoms with Gasteiger partial charge in [-0.2, -0.15) is 0 Å². The SMILES string of the molecule is CCC1CCCC(NC(=O)C2(CN)CCCC2)C1.Cl. The molecule has 0 heterocycles. The molecule has 0 saturated heterocycles. The molecule has 0 bridgehead atoms. The maximum Gasteiger partial charge on any atom is 0.227 e. The van der Waals surface area contributed by atoms with E-state index in [-0.39, 0.29) is 23.7 Å². The number of amides is 1. The van der Waals surface area contributed by atoms with E-state index in [4.69, 9.17) is 5.73 Å². The van der Waals surface area contributed by atoms with Crippen LogP contribution in [0.3, 0.4) is 0 Å². The third-order valence-corrected chi connectivity index (χ3v) is 5.13. The van der Waals surface area contributed by atoms with Crippen molar-refractivity contribution in [3.05, 3.63) is 0 Å². The van der Waals surface area contributed by atoms with Crippen molar-refractivity contribution in [1.82, 2.24) is 5.32 Å². The lowest BCUT2D eigenvalue weighted by molar-refractivity contribution is -0.131. The smallest absolute Gasteiger partial charge is 0.227 e. The number of halogens is 1. The maximum absolute atomic E-state index is 12.5. The van der Waals surface area contributed by atoms with Gasteiger partial charge in [0.1, 0.15) is 0 Å². The maximum atomic E-state index is 12.5. The van der Waals surface area contributed by atoms with Gasteiger partial charge in [0, 0.05) is 12.6 Å². The Morgan fingerprint density at radius 3 is 2.53 bits per heavy atom. The van der Waals surface area contributed by atoms with Crippen LogP contribution in [0.25, 0.3) is 0 Å². The molecule has 0 aromatic rings. The van der Waals surface area contributed by atoms with E-state index in [0.29, 0.717) is 12.6 Å². The van der Waals surface area contributed by atoms with Gasteiger partial charge in [0.25, 0.3) is 0 Å². The first-order valence-corrected chi connectivity index (χ1v) is 7.71. The fourth-order valence-electron chi connectivity index (χ4n) is 3.71. The van der Waals surface area contributed by atoms with Crippen LogP contribution in [0, 0.1) is 11.3 Å². The predicted octanol–water partition coefficient (Wildman–Crippen LogP) is 3.01. The molecule has 112 valence electrons. The highest BCUT2D eigenvalue weighted by Crippen LogP contribution is 2.38. The van der Waals surface area contributed by atoms with Gasteiger partial charge < -0.3 is 11.1 Å². The summed E-state index contributed by atoms with van der Waals surface area (Å²) in [7, 11) is 0. The minimum absolute atomic E-state index is 0. The summed E-state index contributed by atoms with van der Waals surface area (Å²) in [5, 5.41) is 3.30. The van der Waals surface area contributed by atoms with Crippen LogP contribution in [0.15, 0.2) is 0 Å². The Balaban J connectivity index is 0.00000180. The molecule has 2 rings (SSSR count). The Morgan fingerprint density at radius 1 is 1.26 bits per heavy atom. The average molecular weight is 289 g/mol. The van der Waals surface area contributed by atoms with Crippen molar-refractivity contribution in [3.63, 3.8) is 0 Å². The highest BCUT2D eigenvalue weighted by molar-refractivity contribution is 5.85. The van der Waals surface area contributed by atoms with Crippen LogP contribution in [0.1, 0.15) is 64.7 Å². The summed E-state index contributed by atoms with van der Waals surface area (Å²) < 4.78 is 0. The average Bonchev–Trinajstić information content (AvgIpc) is 2.89. The molecule has 1 amide bonds. The monoisotopic (exact) mass is 288 g/mol. The van der Waals surface area contributed by atoms with E-state index in [0.717, 1.165) is 38.0 Å². The third kappa shape index (κ3) is 3.85. The second-order valence-corrected chi connectivity index (χ2v) is 6.30. The van der Waals surface area contributed by atoms with Crippen molar-refractivity contribution < 1.29 is 4.79 Å². The standard InChI is InChI=1S/C15H28N2O.ClH/c1-2-12-6-5-7-13(10-12)17-14(18)15(11-16)8-3-4-9-15;/h12-13H,2-11,16H2,1H3,(H,17,18);1H. The van der Waals surface area contributed by atoms with Gasteiger partial charge in [-0.05, 0) is 31.6 Å². The number of carbonyl (C=O) groups excluding carboxylic acids is 1. The van der Waals surface area contributed by atoms with Gasteiger partial charge in [-0.1, -0.05) is 39.0 Å².